The topological polar surface area (TPSA) is 17.1 Å². The van der Waals surface area contributed by atoms with E-state index in [1.807, 2.05) is 25.1 Å². The Morgan fingerprint density at radius 3 is 2.55 bits per heavy atom. The molecule has 0 saturated heterocycles. The van der Waals surface area contributed by atoms with Crippen LogP contribution in [0.25, 0.3) is 20.2 Å². The minimum Gasteiger partial charge on any atom is -0.289 e. The first-order valence-electron chi connectivity index (χ1n) is 7.63. The van der Waals surface area contributed by atoms with Crippen molar-refractivity contribution >= 4 is 31.5 Å². The molecule has 0 aliphatic heterocycles. The summed E-state index contributed by atoms with van der Waals surface area (Å²) in [5, 5.41) is 1.64. The van der Waals surface area contributed by atoms with Crippen LogP contribution in [0.15, 0.2) is 35.1 Å². The molecule has 0 unspecified atom stereocenters. The summed E-state index contributed by atoms with van der Waals surface area (Å²) in [6.45, 7) is 6.09. The summed E-state index contributed by atoms with van der Waals surface area (Å²) in [4.78, 5) is 12.9. The number of rotatable bonds is 2. The molecule has 3 rings (SSSR count). The van der Waals surface area contributed by atoms with E-state index < -0.39 is 0 Å². The van der Waals surface area contributed by atoms with E-state index in [9.17, 15) is 4.79 Å². The van der Waals surface area contributed by atoms with Gasteiger partial charge >= 0.3 is 0 Å². The first kappa shape index (κ1) is 14.8. The van der Waals surface area contributed by atoms with E-state index in [4.69, 9.17) is 0 Å². The highest BCUT2D eigenvalue weighted by Gasteiger charge is 2.10. The fraction of sp³-hybridized carbons (Fsp3) is 0.250. The number of benzene rings is 2. The minimum absolute atomic E-state index is 0.133. The van der Waals surface area contributed by atoms with Crippen LogP contribution in [0.5, 0.6) is 0 Å². The molecule has 0 aliphatic rings. The van der Waals surface area contributed by atoms with Crippen LogP contribution in [-0.4, -0.2) is 0 Å². The molecule has 0 atom stereocenters. The van der Waals surface area contributed by atoms with Crippen molar-refractivity contribution in [3.05, 3.63) is 57.2 Å². The molecule has 0 bridgehead atoms. The standard InChI is InChI=1S/C20H18OS/c1-4-7-14-8-9-18-16(12-14)19(21)17-11-13(5-2)10-15(6-3)20(17)22-18/h8-12H,5-6H2,1-3H3. The van der Waals surface area contributed by atoms with Gasteiger partial charge in [-0.25, -0.2) is 0 Å². The molecule has 0 radical (unpaired) electrons. The van der Waals surface area contributed by atoms with Crippen LogP contribution in [-0.2, 0) is 12.8 Å². The maximum atomic E-state index is 12.9. The van der Waals surface area contributed by atoms with Crippen LogP contribution in [0.3, 0.4) is 0 Å². The highest BCUT2D eigenvalue weighted by molar-refractivity contribution is 7.24. The lowest BCUT2D eigenvalue weighted by molar-refractivity contribution is 1.10. The zero-order chi connectivity index (χ0) is 15.7. The first-order chi connectivity index (χ1) is 10.7. The zero-order valence-corrected chi connectivity index (χ0v) is 13.9. The maximum Gasteiger partial charge on any atom is 0.195 e. The molecule has 0 amide bonds. The average molecular weight is 306 g/mol. The molecule has 0 N–H and O–H groups in total. The maximum absolute atomic E-state index is 12.9. The monoisotopic (exact) mass is 306 g/mol. The molecule has 0 spiro atoms. The Labute approximate surface area is 134 Å². The second kappa shape index (κ2) is 5.94. The number of hydrogen-bond acceptors (Lipinski definition) is 2. The molecule has 3 aromatic rings. The molecule has 1 aromatic heterocycles. The van der Waals surface area contributed by atoms with E-state index in [-0.39, 0.29) is 5.43 Å². The van der Waals surface area contributed by atoms with Gasteiger partial charge in [0.1, 0.15) is 0 Å². The summed E-state index contributed by atoms with van der Waals surface area (Å²) in [6.07, 6.45) is 1.90. The molecular formula is C20H18OS. The molecule has 22 heavy (non-hydrogen) atoms. The fourth-order valence-electron chi connectivity index (χ4n) is 2.78. The van der Waals surface area contributed by atoms with Gasteiger partial charge in [0, 0.05) is 25.7 Å². The molecular weight excluding hydrogens is 288 g/mol. The second-order valence-electron chi connectivity index (χ2n) is 5.36. The minimum atomic E-state index is 0.133. The Hall–Kier alpha value is -2.11. The summed E-state index contributed by atoms with van der Waals surface area (Å²) in [7, 11) is 0. The normalized spacial score (nSPS) is 10.7. The van der Waals surface area contributed by atoms with Crippen LogP contribution in [0.4, 0.5) is 0 Å². The third-order valence-electron chi connectivity index (χ3n) is 3.96. The Morgan fingerprint density at radius 2 is 1.86 bits per heavy atom. The van der Waals surface area contributed by atoms with E-state index in [2.05, 4.69) is 37.8 Å². The van der Waals surface area contributed by atoms with Crippen molar-refractivity contribution in [1.29, 1.82) is 0 Å². The summed E-state index contributed by atoms with van der Waals surface area (Å²) in [5.41, 5.74) is 3.54. The Kier molecular flexibility index (Phi) is 4.00. The van der Waals surface area contributed by atoms with E-state index in [1.165, 1.54) is 11.1 Å². The molecule has 2 aromatic carbocycles. The predicted octanol–water partition coefficient (Wildman–Crippen LogP) is 4.91. The van der Waals surface area contributed by atoms with E-state index in [0.29, 0.717) is 0 Å². The quantitative estimate of drug-likeness (QED) is 0.485. The lowest BCUT2D eigenvalue weighted by Crippen LogP contribution is -2.03. The van der Waals surface area contributed by atoms with Gasteiger partial charge in [-0.05, 0) is 55.2 Å². The summed E-state index contributed by atoms with van der Waals surface area (Å²) < 4.78 is 2.17. The number of hydrogen-bond donors (Lipinski definition) is 0. The zero-order valence-electron chi connectivity index (χ0n) is 13.1. The molecule has 0 aliphatic carbocycles. The molecule has 0 fully saturated rings. The van der Waals surface area contributed by atoms with Crippen LogP contribution in [0.2, 0.25) is 0 Å². The van der Waals surface area contributed by atoms with E-state index in [1.54, 1.807) is 11.3 Å². The molecule has 1 nitrogen and oxygen atoms in total. The number of fused-ring (bicyclic) bond motifs is 2. The molecule has 1 heterocycles. The highest BCUT2D eigenvalue weighted by Crippen LogP contribution is 2.29. The van der Waals surface area contributed by atoms with Crippen LogP contribution in [0.1, 0.15) is 37.5 Å². The van der Waals surface area contributed by atoms with E-state index in [0.717, 1.165) is 38.6 Å². The lowest BCUT2D eigenvalue weighted by atomic mass is 10.0. The van der Waals surface area contributed by atoms with Gasteiger partial charge in [0.25, 0.3) is 0 Å². The smallest absolute Gasteiger partial charge is 0.195 e. The summed E-state index contributed by atoms with van der Waals surface area (Å²) in [5.74, 6) is 5.93. The van der Waals surface area contributed by atoms with Crippen molar-refractivity contribution in [1.82, 2.24) is 0 Å². The van der Waals surface area contributed by atoms with Crippen molar-refractivity contribution in [2.24, 2.45) is 0 Å². The van der Waals surface area contributed by atoms with Crippen molar-refractivity contribution in [2.45, 2.75) is 33.6 Å². The lowest BCUT2D eigenvalue weighted by Gasteiger charge is -2.08. The van der Waals surface area contributed by atoms with Gasteiger partial charge in [0.2, 0.25) is 0 Å². The largest absolute Gasteiger partial charge is 0.289 e. The number of aryl methyl sites for hydroxylation is 2. The Bertz CT molecular complexity index is 984. The average Bonchev–Trinajstić information content (AvgIpc) is 2.55. The van der Waals surface area contributed by atoms with Gasteiger partial charge in [-0.1, -0.05) is 25.8 Å². The van der Waals surface area contributed by atoms with Gasteiger partial charge in [0.15, 0.2) is 5.43 Å². The van der Waals surface area contributed by atoms with Crippen molar-refractivity contribution in [3.8, 4) is 11.8 Å². The van der Waals surface area contributed by atoms with Gasteiger partial charge in [-0.15, -0.1) is 17.3 Å². The van der Waals surface area contributed by atoms with Crippen LogP contribution in [0, 0.1) is 11.8 Å². The Balaban J connectivity index is 2.45. The predicted molar refractivity (Wildman–Crippen MR) is 96.9 cm³/mol. The van der Waals surface area contributed by atoms with E-state index >= 15 is 0 Å². The van der Waals surface area contributed by atoms with Gasteiger partial charge in [-0.3, -0.25) is 4.79 Å². The van der Waals surface area contributed by atoms with Gasteiger partial charge in [-0.2, -0.15) is 0 Å². The van der Waals surface area contributed by atoms with Gasteiger partial charge < -0.3 is 0 Å². The Morgan fingerprint density at radius 1 is 1.05 bits per heavy atom. The van der Waals surface area contributed by atoms with Crippen LogP contribution < -0.4 is 5.43 Å². The van der Waals surface area contributed by atoms with Crippen molar-refractivity contribution < 1.29 is 0 Å². The molecule has 0 saturated carbocycles. The third kappa shape index (κ3) is 2.42. The third-order valence-corrected chi connectivity index (χ3v) is 5.23. The van der Waals surface area contributed by atoms with Gasteiger partial charge in [0.05, 0.1) is 0 Å². The highest BCUT2D eigenvalue weighted by atomic mass is 32.1. The SMILES string of the molecule is CC#Cc1ccc2sc3c(CC)cc(CC)cc3c(=O)c2c1. The van der Waals surface area contributed by atoms with Crippen molar-refractivity contribution in [3.63, 3.8) is 0 Å². The summed E-state index contributed by atoms with van der Waals surface area (Å²) in [6, 6.07) is 10.2. The van der Waals surface area contributed by atoms with Crippen LogP contribution >= 0.6 is 11.3 Å². The fourth-order valence-corrected chi connectivity index (χ4v) is 4.00. The van der Waals surface area contributed by atoms with Crippen molar-refractivity contribution in [2.75, 3.05) is 0 Å². The first-order valence-corrected chi connectivity index (χ1v) is 8.44. The summed E-state index contributed by atoms with van der Waals surface area (Å²) >= 11 is 1.71. The molecule has 110 valence electrons. The second-order valence-corrected chi connectivity index (χ2v) is 6.41. The molecule has 2 heteroatoms.